The van der Waals surface area contributed by atoms with Crippen LogP contribution in [-0.4, -0.2) is 43.0 Å². The van der Waals surface area contributed by atoms with Gasteiger partial charge in [0, 0.05) is 13.1 Å². The van der Waals surface area contributed by atoms with Crippen LogP contribution in [-0.2, 0) is 14.3 Å². The van der Waals surface area contributed by atoms with E-state index in [1.54, 1.807) is 6.07 Å². The molecule has 4 rings (SSSR count). The minimum atomic E-state index is -0.489. The van der Waals surface area contributed by atoms with Crippen LogP contribution < -0.4 is 4.90 Å². The average molecular weight is 421 g/mol. The first kappa shape index (κ1) is 18.9. The van der Waals surface area contributed by atoms with Gasteiger partial charge >= 0.3 is 0 Å². The first-order chi connectivity index (χ1) is 13.5. The second kappa shape index (κ2) is 7.54. The second-order valence-corrected chi connectivity index (χ2v) is 7.19. The third kappa shape index (κ3) is 3.28. The normalized spacial score (nSPS) is 17.7. The van der Waals surface area contributed by atoms with Crippen molar-refractivity contribution < 1.29 is 18.7 Å². The summed E-state index contributed by atoms with van der Waals surface area (Å²) in [7, 11) is 0. The smallest absolute Gasteiger partial charge is 0.282 e. The van der Waals surface area contributed by atoms with Crippen LogP contribution >= 0.6 is 23.2 Å². The zero-order valence-corrected chi connectivity index (χ0v) is 16.1. The predicted octanol–water partition coefficient (Wildman–Crippen LogP) is 3.75. The number of halogens is 3. The molecule has 5 nitrogen and oxygen atoms in total. The molecule has 2 aromatic carbocycles. The van der Waals surface area contributed by atoms with Gasteiger partial charge in [0.15, 0.2) is 0 Å². The number of morpholine rings is 1. The summed E-state index contributed by atoms with van der Waals surface area (Å²) >= 11 is 12.0. The first-order valence-corrected chi connectivity index (χ1v) is 9.39. The third-order valence-corrected chi connectivity index (χ3v) is 5.42. The Kier molecular flexibility index (Phi) is 5.10. The summed E-state index contributed by atoms with van der Waals surface area (Å²) in [5, 5.41) is 0.563. The number of amides is 2. The van der Waals surface area contributed by atoms with Crippen LogP contribution in [0, 0.1) is 5.82 Å². The highest BCUT2D eigenvalue weighted by Crippen LogP contribution is 2.37. The van der Waals surface area contributed by atoms with E-state index in [1.807, 2.05) is 4.90 Å². The van der Waals surface area contributed by atoms with Gasteiger partial charge in [0.1, 0.15) is 11.5 Å². The maximum Gasteiger partial charge on any atom is 0.282 e. The van der Waals surface area contributed by atoms with E-state index in [0.29, 0.717) is 42.6 Å². The number of ether oxygens (including phenoxy) is 1. The standard InChI is InChI=1S/C20H15Cl2FN2O3/c21-15-6-5-14(11-16(15)22)25-19(26)17(12-1-3-13(23)4-2-12)18(20(25)27)24-7-9-28-10-8-24/h1-6,11H,7-10H2. The van der Waals surface area contributed by atoms with Gasteiger partial charge < -0.3 is 9.64 Å². The van der Waals surface area contributed by atoms with Crippen molar-refractivity contribution in [3.63, 3.8) is 0 Å². The van der Waals surface area contributed by atoms with Gasteiger partial charge in [0.25, 0.3) is 11.8 Å². The summed E-state index contributed by atoms with van der Waals surface area (Å²) in [5.74, 6) is -1.36. The SMILES string of the molecule is O=C1C(c2ccc(F)cc2)=C(N2CCOCC2)C(=O)N1c1ccc(Cl)c(Cl)c1. The number of hydrogen-bond donors (Lipinski definition) is 0. The Morgan fingerprint density at radius 2 is 1.57 bits per heavy atom. The Balaban J connectivity index is 1.82. The molecule has 0 unspecified atom stereocenters. The van der Waals surface area contributed by atoms with Gasteiger partial charge in [-0.1, -0.05) is 35.3 Å². The van der Waals surface area contributed by atoms with Gasteiger partial charge in [0.2, 0.25) is 0 Å². The third-order valence-electron chi connectivity index (χ3n) is 4.68. The fourth-order valence-electron chi connectivity index (χ4n) is 3.33. The zero-order valence-electron chi connectivity index (χ0n) is 14.6. The number of carbonyl (C=O) groups excluding carboxylic acids is 2. The van der Waals surface area contributed by atoms with Crippen LogP contribution in [0.1, 0.15) is 5.56 Å². The predicted molar refractivity (Wildman–Crippen MR) is 105 cm³/mol. The van der Waals surface area contributed by atoms with E-state index in [9.17, 15) is 14.0 Å². The van der Waals surface area contributed by atoms with Crippen molar-refractivity contribution in [1.82, 2.24) is 4.90 Å². The van der Waals surface area contributed by atoms with E-state index in [4.69, 9.17) is 27.9 Å². The molecule has 2 heterocycles. The molecule has 2 aromatic rings. The molecule has 0 aliphatic carbocycles. The number of imide groups is 1. The maximum absolute atomic E-state index is 13.4. The molecule has 0 aromatic heterocycles. The summed E-state index contributed by atoms with van der Waals surface area (Å²) in [5.41, 5.74) is 1.32. The highest BCUT2D eigenvalue weighted by atomic mass is 35.5. The minimum absolute atomic E-state index is 0.234. The Bertz CT molecular complexity index is 985. The molecule has 1 fully saturated rings. The fraction of sp³-hybridized carbons (Fsp3) is 0.200. The molecule has 144 valence electrons. The van der Waals surface area contributed by atoms with Gasteiger partial charge in [-0.25, -0.2) is 9.29 Å². The molecule has 0 N–H and O–H groups in total. The quantitative estimate of drug-likeness (QED) is 0.709. The molecule has 0 bridgehead atoms. The fourth-order valence-corrected chi connectivity index (χ4v) is 3.63. The molecule has 2 aliphatic rings. The minimum Gasteiger partial charge on any atom is -0.378 e. The van der Waals surface area contributed by atoms with E-state index in [2.05, 4.69) is 0 Å². The number of nitrogens with zero attached hydrogens (tertiary/aromatic N) is 2. The molecule has 2 amide bonds. The summed E-state index contributed by atoms with van der Waals surface area (Å²) in [6, 6.07) is 10.1. The lowest BCUT2D eigenvalue weighted by molar-refractivity contribution is -0.121. The first-order valence-electron chi connectivity index (χ1n) is 8.64. The summed E-state index contributed by atoms with van der Waals surface area (Å²) in [6.45, 7) is 1.87. The van der Waals surface area contributed by atoms with Crippen LogP contribution in [0.5, 0.6) is 0 Å². The molecular weight excluding hydrogens is 406 g/mol. The lowest BCUT2D eigenvalue weighted by atomic mass is 10.0. The lowest BCUT2D eigenvalue weighted by Gasteiger charge is -2.29. The van der Waals surface area contributed by atoms with Crippen molar-refractivity contribution in [3.8, 4) is 0 Å². The van der Waals surface area contributed by atoms with E-state index >= 15 is 0 Å². The van der Waals surface area contributed by atoms with Crippen LogP contribution in [0.15, 0.2) is 48.2 Å². The molecule has 8 heteroatoms. The van der Waals surface area contributed by atoms with Gasteiger partial charge in [-0.15, -0.1) is 0 Å². The second-order valence-electron chi connectivity index (χ2n) is 6.37. The molecule has 2 aliphatic heterocycles. The topological polar surface area (TPSA) is 49.9 Å². The summed E-state index contributed by atoms with van der Waals surface area (Å²) in [6.07, 6.45) is 0. The monoisotopic (exact) mass is 420 g/mol. The van der Waals surface area contributed by atoms with Crippen LogP contribution in [0.3, 0.4) is 0 Å². The van der Waals surface area contributed by atoms with Crippen molar-refractivity contribution in [2.24, 2.45) is 0 Å². The van der Waals surface area contributed by atoms with Crippen molar-refractivity contribution in [2.75, 3.05) is 31.2 Å². The van der Waals surface area contributed by atoms with Gasteiger partial charge in [-0.2, -0.15) is 0 Å². The average Bonchev–Trinajstić information content (AvgIpc) is 2.96. The number of hydrogen-bond acceptors (Lipinski definition) is 4. The Hall–Kier alpha value is -2.41. The molecule has 28 heavy (non-hydrogen) atoms. The van der Waals surface area contributed by atoms with E-state index in [0.717, 1.165) is 4.90 Å². The molecule has 0 atom stereocenters. The highest BCUT2D eigenvalue weighted by Gasteiger charge is 2.42. The molecule has 0 radical (unpaired) electrons. The largest absolute Gasteiger partial charge is 0.378 e. The Morgan fingerprint density at radius 3 is 2.21 bits per heavy atom. The molecule has 0 saturated carbocycles. The van der Waals surface area contributed by atoms with E-state index in [-0.39, 0.29) is 16.3 Å². The van der Waals surface area contributed by atoms with Crippen molar-refractivity contribution in [2.45, 2.75) is 0 Å². The Labute approximate surface area is 170 Å². The maximum atomic E-state index is 13.4. The number of rotatable bonds is 3. The van der Waals surface area contributed by atoms with E-state index in [1.165, 1.54) is 36.4 Å². The van der Waals surface area contributed by atoms with Gasteiger partial charge in [0.05, 0.1) is 34.5 Å². The van der Waals surface area contributed by atoms with E-state index < -0.39 is 17.6 Å². The Morgan fingerprint density at radius 1 is 0.893 bits per heavy atom. The summed E-state index contributed by atoms with van der Waals surface area (Å²) < 4.78 is 18.8. The van der Waals surface area contributed by atoms with Crippen molar-refractivity contribution in [1.29, 1.82) is 0 Å². The number of carbonyl (C=O) groups is 2. The van der Waals surface area contributed by atoms with Crippen LogP contribution in [0.2, 0.25) is 10.0 Å². The van der Waals surface area contributed by atoms with Gasteiger partial charge in [-0.3, -0.25) is 9.59 Å². The zero-order chi connectivity index (χ0) is 19.8. The van der Waals surface area contributed by atoms with Gasteiger partial charge in [-0.05, 0) is 35.9 Å². The number of anilines is 1. The highest BCUT2D eigenvalue weighted by molar-refractivity contribution is 6.46. The summed E-state index contributed by atoms with van der Waals surface area (Å²) in [4.78, 5) is 29.5. The van der Waals surface area contributed by atoms with Crippen molar-refractivity contribution in [3.05, 3.63) is 69.6 Å². The number of benzene rings is 2. The molecular formula is C20H15Cl2FN2O3. The lowest BCUT2D eigenvalue weighted by Crippen LogP contribution is -2.40. The molecule has 1 saturated heterocycles. The van der Waals surface area contributed by atoms with Crippen molar-refractivity contribution >= 4 is 46.3 Å². The van der Waals surface area contributed by atoms with Crippen LogP contribution in [0.4, 0.5) is 10.1 Å². The molecule has 0 spiro atoms. The van der Waals surface area contributed by atoms with Crippen LogP contribution in [0.25, 0.3) is 5.57 Å².